The van der Waals surface area contributed by atoms with Gasteiger partial charge in [-0.05, 0) is 39.5 Å². The molecule has 0 heterocycles. The summed E-state index contributed by atoms with van der Waals surface area (Å²) in [6, 6.07) is 0. The van der Waals surface area contributed by atoms with E-state index in [4.69, 9.17) is 4.74 Å². The van der Waals surface area contributed by atoms with Crippen molar-refractivity contribution in [2.75, 3.05) is 6.61 Å². The average Bonchev–Trinajstić information content (AvgIpc) is 2.26. The summed E-state index contributed by atoms with van der Waals surface area (Å²) in [5.74, 6) is 0. The van der Waals surface area contributed by atoms with Gasteiger partial charge in [0.2, 0.25) is 0 Å². The lowest BCUT2D eigenvalue weighted by Crippen LogP contribution is -2.11. The van der Waals surface area contributed by atoms with Crippen molar-refractivity contribution in [2.24, 2.45) is 0 Å². The molecule has 0 aliphatic heterocycles. The van der Waals surface area contributed by atoms with Crippen LogP contribution < -0.4 is 0 Å². The second-order valence-electron chi connectivity index (χ2n) is 4.05. The molecule has 1 atom stereocenters. The quantitative estimate of drug-likeness (QED) is 0.376. The van der Waals surface area contributed by atoms with Crippen molar-refractivity contribution in [3.05, 3.63) is 12.2 Å². The van der Waals surface area contributed by atoms with Crippen molar-refractivity contribution < 1.29 is 4.74 Å². The maximum Gasteiger partial charge on any atom is 0.0572 e. The van der Waals surface area contributed by atoms with Crippen LogP contribution in [0.3, 0.4) is 0 Å². The molecule has 0 fully saturated rings. The van der Waals surface area contributed by atoms with E-state index in [2.05, 4.69) is 32.9 Å². The normalized spacial score (nSPS) is 13.5. The van der Waals surface area contributed by atoms with E-state index in [9.17, 15) is 0 Å². The van der Waals surface area contributed by atoms with E-state index >= 15 is 0 Å². The van der Waals surface area contributed by atoms with Crippen molar-refractivity contribution >= 4 is 0 Å². The third-order valence-electron chi connectivity index (χ3n) is 2.74. The number of hydrogen-bond donors (Lipinski definition) is 0. The molecule has 0 aliphatic carbocycles. The van der Waals surface area contributed by atoms with Gasteiger partial charge in [-0.3, -0.25) is 0 Å². The van der Waals surface area contributed by atoms with E-state index in [0.717, 1.165) is 13.0 Å². The summed E-state index contributed by atoms with van der Waals surface area (Å²) in [7, 11) is 0. The molecule has 1 unspecified atom stereocenters. The van der Waals surface area contributed by atoms with Gasteiger partial charge >= 0.3 is 0 Å². The topological polar surface area (TPSA) is 9.23 Å². The molecule has 0 saturated carbocycles. The minimum atomic E-state index is 0.505. The maximum absolute atomic E-state index is 5.63. The van der Waals surface area contributed by atoms with Gasteiger partial charge in [0, 0.05) is 6.61 Å². The average molecular weight is 212 g/mol. The van der Waals surface area contributed by atoms with Crippen LogP contribution in [0.4, 0.5) is 0 Å². The summed E-state index contributed by atoms with van der Waals surface area (Å²) in [6.07, 6.45) is 14.0. The molecule has 0 saturated heterocycles. The van der Waals surface area contributed by atoms with Crippen molar-refractivity contribution in [2.45, 2.75) is 71.8 Å². The van der Waals surface area contributed by atoms with Crippen LogP contribution >= 0.6 is 0 Å². The molecule has 0 rings (SSSR count). The predicted octanol–water partition coefficient (Wildman–Crippen LogP) is 4.72. The molecule has 0 spiro atoms. The Bertz CT molecular complexity index is 140. The Balaban J connectivity index is 3.21. The second-order valence-corrected chi connectivity index (χ2v) is 4.05. The molecule has 0 aromatic rings. The molecule has 0 bridgehead atoms. The third-order valence-corrected chi connectivity index (χ3v) is 2.74. The molecule has 1 nitrogen and oxygen atoms in total. The molecule has 1 heteroatoms. The first kappa shape index (κ1) is 14.7. The summed E-state index contributed by atoms with van der Waals surface area (Å²) in [6.45, 7) is 7.25. The fraction of sp³-hybridized carbons (Fsp3) is 0.857. The van der Waals surface area contributed by atoms with Gasteiger partial charge in [0.25, 0.3) is 0 Å². The number of allylic oxidation sites excluding steroid dienone is 2. The van der Waals surface area contributed by atoms with Crippen molar-refractivity contribution in [3.63, 3.8) is 0 Å². The maximum atomic E-state index is 5.63. The number of unbranched alkanes of at least 4 members (excludes halogenated alkanes) is 4. The van der Waals surface area contributed by atoms with Crippen LogP contribution in [0.5, 0.6) is 0 Å². The van der Waals surface area contributed by atoms with Crippen LogP contribution in [0, 0.1) is 0 Å². The minimum Gasteiger partial charge on any atom is -0.379 e. The molecule has 0 aromatic carbocycles. The van der Waals surface area contributed by atoms with E-state index in [0.29, 0.717) is 6.10 Å². The van der Waals surface area contributed by atoms with Gasteiger partial charge in [0.15, 0.2) is 0 Å². The molecule has 0 amide bonds. The zero-order chi connectivity index (χ0) is 11.4. The lowest BCUT2D eigenvalue weighted by atomic mass is 10.1. The van der Waals surface area contributed by atoms with Crippen LogP contribution in [0.1, 0.15) is 65.7 Å². The molecule has 0 aliphatic rings. The summed E-state index contributed by atoms with van der Waals surface area (Å²) in [5, 5.41) is 0. The van der Waals surface area contributed by atoms with Crippen LogP contribution in [0.15, 0.2) is 12.2 Å². The molecule has 90 valence electrons. The second kappa shape index (κ2) is 11.8. The highest BCUT2D eigenvalue weighted by Crippen LogP contribution is 2.11. The van der Waals surface area contributed by atoms with Crippen molar-refractivity contribution in [3.8, 4) is 0 Å². The van der Waals surface area contributed by atoms with Crippen molar-refractivity contribution in [1.29, 1.82) is 0 Å². The lowest BCUT2D eigenvalue weighted by Gasteiger charge is -2.14. The standard InChI is InChI=1S/C14H28O/c1-4-7-8-9-10-11-12-13-14(5-2)15-6-3/h4,7,14H,5-6,8-13H2,1-3H3. The first-order chi connectivity index (χ1) is 7.35. The zero-order valence-corrected chi connectivity index (χ0v) is 10.8. The third kappa shape index (κ3) is 9.99. The van der Waals surface area contributed by atoms with Gasteiger partial charge in [-0.2, -0.15) is 0 Å². The van der Waals surface area contributed by atoms with Crippen LogP contribution in [-0.2, 0) is 4.74 Å². The van der Waals surface area contributed by atoms with Crippen LogP contribution in [0.25, 0.3) is 0 Å². The summed E-state index contributed by atoms with van der Waals surface area (Å²) < 4.78 is 5.63. The first-order valence-electron chi connectivity index (χ1n) is 6.57. The van der Waals surface area contributed by atoms with Gasteiger partial charge in [0.05, 0.1) is 6.10 Å². The monoisotopic (exact) mass is 212 g/mol. The van der Waals surface area contributed by atoms with Gasteiger partial charge in [0.1, 0.15) is 0 Å². The van der Waals surface area contributed by atoms with Crippen LogP contribution in [-0.4, -0.2) is 12.7 Å². The fourth-order valence-electron chi connectivity index (χ4n) is 1.80. The predicted molar refractivity (Wildman–Crippen MR) is 68.2 cm³/mol. The van der Waals surface area contributed by atoms with Gasteiger partial charge in [-0.15, -0.1) is 0 Å². The van der Waals surface area contributed by atoms with Crippen LogP contribution in [0.2, 0.25) is 0 Å². The van der Waals surface area contributed by atoms with E-state index in [1.165, 1.54) is 38.5 Å². The number of rotatable bonds is 10. The van der Waals surface area contributed by atoms with E-state index in [1.54, 1.807) is 0 Å². The summed E-state index contributed by atoms with van der Waals surface area (Å²) in [4.78, 5) is 0. The highest BCUT2D eigenvalue weighted by molar-refractivity contribution is 4.76. The smallest absolute Gasteiger partial charge is 0.0572 e. The van der Waals surface area contributed by atoms with Gasteiger partial charge in [-0.25, -0.2) is 0 Å². The van der Waals surface area contributed by atoms with E-state index in [-0.39, 0.29) is 0 Å². The molecule has 0 radical (unpaired) electrons. The largest absolute Gasteiger partial charge is 0.379 e. The van der Waals surface area contributed by atoms with E-state index in [1.807, 2.05) is 0 Å². The summed E-state index contributed by atoms with van der Waals surface area (Å²) in [5.41, 5.74) is 0. The Morgan fingerprint density at radius 1 is 1.07 bits per heavy atom. The SMILES string of the molecule is CC=CCCCCCCC(CC)OCC. The van der Waals surface area contributed by atoms with Crippen molar-refractivity contribution in [1.82, 2.24) is 0 Å². The Morgan fingerprint density at radius 3 is 2.40 bits per heavy atom. The van der Waals surface area contributed by atoms with Gasteiger partial charge in [-0.1, -0.05) is 38.3 Å². The Labute approximate surface area is 95.9 Å². The molecule has 0 aromatic heterocycles. The number of hydrogen-bond acceptors (Lipinski definition) is 1. The highest BCUT2D eigenvalue weighted by Gasteiger charge is 2.04. The molecular weight excluding hydrogens is 184 g/mol. The molecule has 15 heavy (non-hydrogen) atoms. The van der Waals surface area contributed by atoms with E-state index < -0.39 is 0 Å². The zero-order valence-electron chi connectivity index (χ0n) is 10.8. The molecular formula is C14H28O. The highest BCUT2D eigenvalue weighted by atomic mass is 16.5. The van der Waals surface area contributed by atoms with Gasteiger partial charge < -0.3 is 4.74 Å². The Kier molecular flexibility index (Phi) is 11.5. The Morgan fingerprint density at radius 2 is 1.80 bits per heavy atom. The lowest BCUT2D eigenvalue weighted by molar-refractivity contribution is 0.0523. The molecule has 0 N–H and O–H groups in total. The first-order valence-corrected chi connectivity index (χ1v) is 6.57. The summed E-state index contributed by atoms with van der Waals surface area (Å²) >= 11 is 0. The number of ether oxygens (including phenoxy) is 1. The minimum absolute atomic E-state index is 0.505. The Hall–Kier alpha value is -0.300. The fourth-order valence-corrected chi connectivity index (χ4v) is 1.80.